The molecule has 0 spiro atoms. The van der Waals surface area contributed by atoms with Crippen molar-refractivity contribution in [3.8, 4) is 5.69 Å². The molecule has 2 aromatic heterocycles. The standard InChI is InChI=1S/C22H19N7O5S/c30-19-12-28(9-8-23-19)35(33,34)15-5-3-4-14(10-15)21(31)27-17-6-1-2-7-18(17)29-20-16(11-26-29)22(32)25-13-24-20/h1-7,10-11,13H,8-9,12H2,(H,23,30)(H,27,31)(H,24,25,32). The fourth-order valence-electron chi connectivity index (χ4n) is 3.76. The van der Waals surface area contributed by atoms with Crippen LogP contribution in [0.5, 0.6) is 0 Å². The summed E-state index contributed by atoms with van der Waals surface area (Å²) in [5.41, 5.74) is 0.936. The SMILES string of the molecule is O=C1CN(S(=O)(=O)c2cccc(C(=O)Nc3ccccc3-n3ncc4c(=O)[nH]cnc43)c2)CCN1. The molecule has 0 radical (unpaired) electrons. The molecule has 4 aromatic rings. The van der Waals surface area contributed by atoms with E-state index in [1.807, 2.05) is 0 Å². The van der Waals surface area contributed by atoms with Crippen molar-refractivity contribution >= 4 is 38.6 Å². The van der Waals surface area contributed by atoms with Crippen LogP contribution in [0.1, 0.15) is 10.4 Å². The first-order chi connectivity index (χ1) is 16.8. The number of hydrogen-bond donors (Lipinski definition) is 3. The van der Waals surface area contributed by atoms with Crippen molar-refractivity contribution in [2.45, 2.75) is 4.90 Å². The predicted molar refractivity (Wildman–Crippen MR) is 126 cm³/mol. The average molecular weight is 494 g/mol. The molecule has 178 valence electrons. The molecule has 2 aromatic carbocycles. The van der Waals surface area contributed by atoms with Crippen molar-refractivity contribution in [1.29, 1.82) is 0 Å². The number of benzene rings is 2. The number of fused-ring (bicyclic) bond motifs is 1. The molecule has 0 aliphatic carbocycles. The number of sulfonamides is 1. The Balaban J connectivity index is 1.45. The molecule has 1 saturated heterocycles. The topological polar surface area (TPSA) is 159 Å². The van der Waals surface area contributed by atoms with Gasteiger partial charge in [-0.2, -0.15) is 9.40 Å². The Morgan fingerprint density at radius 3 is 2.74 bits per heavy atom. The van der Waals surface area contributed by atoms with Crippen LogP contribution < -0.4 is 16.2 Å². The zero-order valence-electron chi connectivity index (χ0n) is 18.1. The molecule has 3 N–H and O–H groups in total. The maximum absolute atomic E-state index is 13.1. The fraction of sp³-hybridized carbons (Fsp3) is 0.136. The lowest BCUT2D eigenvalue weighted by Gasteiger charge is -2.26. The number of aromatic nitrogens is 4. The van der Waals surface area contributed by atoms with Gasteiger partial charge in [0.25, 0.3) is 11.5 Å². The summed E-state index contributed by atoms with van der Waals surface area (Å²) in [5, 5.41) is 9.88. The molecule has 1 aliphatic rings. The number of nitrogens with one attached hydrogen (secondary N) is 3. The van der Waals surface area contributed by atoms with Crippen LogP contribution >= 0.6 is 0 Å². The lowest BCUT2D eigenvalue weighted by molar-refractivity contribution is -0.122. The normalized spacial score (nSPS) is 14.6. The highest BCUT2D eigenvalue weighted by atomic mass is 32.2. The summed E-state index contributed by atoms with van der Waals surface area (Å²) >= 11 is 0. The van der Waals surface area contributed by atoms with Crippen molar-refractivity contribution in [2.24, 2.45) is 0 Å². The molecule has 0 bridgehead atoms. The number of piperazine rings is 1. The molecule has 5 rings (SSSR count). The van der Waals surface area contributed by atoms with Gasteiger partial charge in [0.1, 0.15) is 5.39 Å². The van der Waals surface area contributed by atoms with E-state index in [2.05, 4.69) is 25.7 Å². The van der Waals surface area contributed by atoms with Gasteiger partial charge in [0.2, 0.25) is 15.9 Å². The minimum absolute atomic E-state index is 0.0883. The van der Waals surface area contributed by atoms with Gasteiger partial charge in [-0.05, 0) is 30.3 Å². The van der Waals surface area contributed by atoms with E-state index in [0.29, 0.717) is 17.0 Å². The highest BCUT2D eigenvalue weighted by Gasteiger charge is 2.29. The summed E-state index contributed by atoms with van der Waals surface area (Å²) in [6.07, 6.45) is 2.65. The molecule has 2 amide bonds. The molecule has 13 heteroatoms. The monoisotopic (exact) mass is 493 g/mol. The third-order valence-corrected chi connectivity index (χ3v) is 7.33. The molecule has 0 atom stereocenters. The smallest absolute Gasteiger partial charge is 0.261 e. The molecule has 35 heavy (non-hydrogen) atoms. The molecule has 1 fully saturated rings. The highest BCUT2D eigenvalue weighted by Crippen LogP contribution is 2.24. The number of carbonyl (C=O) groups excluding carboxylic acids is 2. The van der Waals surface area contributed by atoms with Crippen LogP contribution in [0.25, 0.3) is 16.7 Å². The number of amides is 2. The van der Waals surface area contributed by atoms with Crippen LogP contribution in [0.4, 0.5) is 5.69 Å². The van der Waals surface area contributed by atoms with Crippen molar-refractivity contribution in [2.75, 3.05) is 25.0 Å². The highest BCUT2D eigenvalue weighted by molar-refractivity contribution is 7.89. The molecule has 0 unspecified atom stereocenters. The first-order valence-corrected chi connectivity index (χ1v) is 12.0. The van der Waals surface area contributed by atoms with Gasteiger partial charge in [0.15, 0.2) is 5.65 Å². The third-order valence-electron chi connectivity index (χ3n) is 5.49. The zero-order valence-corrected chi connectivity index (χ0v) is 18.9. The minimum Gasteiger partial charge on any atom is -0.354 e. The Morgan fingerprint density at radius 1 is 1.09 bits per heavy atom. The number of aromatic amines is 1. The Morgan fingerprint density at radius 2 is 1.91 bits per heavy atom. The van der Waals surface area contributed by atoms with E-state index in [1.54, 1.807) is 24.3 Å². The molecular weight excluding hydrogens is 474 g/mol. The summed E-state index contributed by atoms with van der Waals surface area (Å²) in [6, 6.07) is 12.4. The predicted octanol–water partition coefficient (Wildman–Crippen LogP) is 0.482. The number of H-pyrrole nitrogens is 1. The van der Waals surface area contributed by atoms with Crippen molar-refractivity contribution < 1.29 is 18.0 Å². The Labute approximate surface area is 198 Å². The van der Waals surface area contributed by atoms with Gasteiger partial charge < -0.3 is 15.6 Å². The van der Waals surface area contributed by atoms with Gasteiger partial charge in [-0.25, -0.2) is 18.1 Å². The Hall–Kier alpha value is -4.36. The van der Waals surface area contributed by atoms with Gasteiger partial charge in [-0.15, -0.1) is 0 Å². The number of nitrogens with zero attached hydrogens (tertiary/aromatic N) is 4. The minimum atomic E-state index is -3.96. The second-order valence-electron chi connectivity index (χ2n) is 7.71. The van der Waals surface area contributed by atoms with Crippen LogP contribution in [-0.4, -0.2) is 63.9 Å². The van der Waals surface area contributed by atoms with E-state index >= 15 is 0 Å². The molecular formula is C22H19N7O5S. The van der Waals surface area contributed by atoms with Gasteiger partial charge >= 0.3 is 0 Å². The first-order valence-electron chi connectivity index (χ1n) is 10.5. The lowest BCUT2D eigenvalue weighted by atomic mass is 10.2. The lowest BCUT2D eigenvalue weighted by Crippen LogP contribution is -2.49. The summed E-state index contributed by atoms with van der Waals surface area (Å²) in [4.78, 5) is 43.3. The molecule has 0 saturated carbocycles. The maximum atomic E-state index is 13.1. The second kappa shape index (κ2) is 8.77. The van der Waals surface area contributed by atoms with Crippen molar-refractivity contribution in [3.63, 3.8) is 0 Å². The van der Waals surface area contributed by atoms with Gasteiger partial charge in [-0.3, -0.25) is 14.4 Å². The number of rotatable bonds is 5. The number of anilines is 1. The summed E-state index contributed by atoms with van der Waals surface area (Å²) in [5.74, 6) is -0.930. The van der Waals surface area contributed by atoms with Crippen LogP contribution in [0, 0.1) is 0 Å². The zero-order chi connectivity index (χ0) is 24.6. The Kier molecular flexibility index (Phi) is 5.62. The first kappa shape index (κ1) is 22.4. The summed E-state index contributed by atoms with van der Waals surface area (Å²) in [7, 11) is -3.96. The molecule has 12 nitrogen and oxygen atoms in total. The van der Waals surface area contributed by atoms with Gasteiger partial charge in [-0.1, -0.05) is 18.2 Å². The number of para-hydroxylation sites is 2. The Bertz CT molecular complexity index is 1630. The van der Waals surface area contributed by atoms with Gasteiger partial charge in [0, 0.05) is 18.7 Å². The average Bonchev–Trinajstić information content (AvgIpc) is 3.30. The quantitative estimate of drug-likeness (QED) is 0.365. The van der Waals surface area contributed by atoms with E-state index in [0.717, 1.165) is 4.31 Å². The number of hydrogen-bond acceptors (Lipinski definition) is 7. The summed E-state index contributed by atoms with van der Waals surface area (Å²) in [6.45, 7) is 0.0885. The van der Waals surface area contributed by atoms with Crippen LogP contribution in [0.15, 0.2) is 70.7 Å². The van der Waals surface area contributed by atoms with Crippen molar-refractivity contribution in [1.82, 2.24) is 29.4 Å². The molecule has 3 heterocycles. The largest absolute Gasteiger partial charge is 0.354 e. The molecule has 1 aliphatic heterocycles. The van der Waals surface area contributed by atoms with E-state index < -0.39 is 15.9 Å². The van der Waals surface area contributed by atoms with E-state index in [1.165, 1.54) is 41.5 Å². The van der Waals surface area contributed by atoms with Crippen LogP contribution in [-0.2, 0) is 14.8 Å². The van der Waals surface area contributed by atoms with Gasteiger partial charge in [0.05, 0.1) is 35.3 Å². The van der Waals surface area contributed by atoms with Crippen molar-refractivity contribution in [3.05, 3.63) is 77.0 Å². The van der Waals surface area contributed by atoms with Crippen LogP contribution in [0.3, 0.4) is 0 Å². The summed E-state index contributed by atoms with van der Waals surface area (Å²) < 4.78 is 28.5. The van der Waals surface area contributed by atoms with E-state index in [4.69, 9.17) is 0 Å². The van der Waals surface area contributed by atoms with E-state index in [9.17, 15) is 22.8 Å². The fourth-order valence-corrected chi connectivity index (χ4v) is 5.20. The number of carbonyl (C=O) groups is 2. The van der Waals surface area contributed by atoms with E-state index in [-0.39, 0.29) is 46.9 Å². The van der Waals surface area contributed by atoms with Crippen LogP contribution in [0.2, 0.25) is 0 Å². The third kappa shape index (κ3) is 4.18. The second-order valence-corrected chi connectivity index (χ2v) is 9.65. The maximum Gasteiger partial charge on any atom is 0.261 e.